The van der Waals surface area contributed by atoms with Crippen molar-refractivity contribution in [2.24, 2.45) is 5.92 Å². The highest BCUT2D eigenvalue weighted by Crippen LogP contribution is 2.33. The second kappa shape index (κ2) is 4.60. The summed E-state index contributed by atoms with van der Waals surface area (Å²) in [6, 6.07) is 5.45. The molecule has 0 aliphatic carbocycles. The Labute approximate surface area is 116 Å². The van der Waals surface area contributed by atoms with E-state index in [4.69, 9.17) is 23.2 Å². The lowest BCUT2D eigenvalue weighted by Gasteiger charge is -2.41. The number of nitrogens with zero attached hydrogens (tertiary/aromatic N) is 1. The molecule has 0 aromatic heterocycles. The van der Waals surface area contributed by atoms with Crippen molar-refractivity contribution in [3.05, 3.63) is 39.5 Å². The van der Waals surface area contributed by atoms with E-state index in [1.54, 1.807) is 12.1 Å². The van der Waals surface area contributed by atoms with Gasteiger partial charge in [0.1, 0.15) is 0 Å². The molecule has 3 aliphatic heterocycles. The number of halogens is 2. The number of benzene rings is 1. The van der Waals surface area contributed by atoms with Gasteiger partial charge in [-0.05, 0) is 36.6 Å². The van der Waals surface area contributed by atoms with Crippen LogP contribution in [-0.4, -0.2) is 23.8 Å². The van der Waals surface area contributed by atoms with Gasteiger partial charge in [-0.15, -0.1) is 0 Å². The number of Topliss-reactive ketones (excluding diaryl/α,β-unsaturated/α-hetero) is 1. The molecular formula is C14H13Cl2NO. The summed E-state index contributed by atoms with van der Waals surface area (Å²) in [5, 5.41) is 1.06. The molecule has 3 heterocycles. The number of rotatable bonds is 1. The van der Waals surface area contributed by atoms with Gasteiger partial charge in [-0.2, -0.15) is 0 Å². The van der Waals surface area contributed by atoms with Gasteiger partial charge in [0.05, 0.1) is 15.7 Å². The fourth-order valence-corrected chi connectivity index (χ4v) is 2.98. The average molecular weight is 282 g/mol. The summed E-state index contributed by atoms with van der Waals surface area (Å²) in [6.45, 7) is 1.98. The first-order valence-corrected chi connectivity index (χ1v) is 6.86. The molecule has 4 heteroatoms. The number of ketones is 1. The summed E-state index contributed by atoms with van der Waals surface area (Å²) in [7, 11) is 0. The van der Waals surface area contributed by atoms with Crippen LogP contribution < -0.4 is 0 Å². The number of fused-ring (bicyclic) bond motifs is 3. The van der Waals surface area contributed by atoms with Crippen molar-refractivity contribution in [3.8, 4) is 0 Å². The summed E-state index contributed by atoms with van der Waals surface area (Å²) in [6.07, 6.45) is 3.92. The molecule has 4 rings (SSSR count). The molecule has 0 spiro atoms. The highest BCUT2D eigenvalue weighted by molar-refractivity contribution is 6.42. The standard InChI is InChI=1S/C14H13Cl2NO/c15-11-2-1-9(7-12(11)16)8-13-14(18)10-3-5-17(13)6-4-10/h1-2,7-8,10H,3-6H2/b13-8+. The van der Waals surface area contributed by atoms with Crippen molar-refractivity contribution >= 4 is 35.1 Å². The Morgan fingerprint density at radius 2 is 1.89 bits per heavy atom. The van der Waals surface area contributed by atoms with Gasteiger partial charge in [0, 0.05) is 19.0 Å². The average Bonchev–Trinajstić information content (AvgIpc) is 2.38. The summed E-state index contributed by atoms with van der Waals surface area (Å²) in [5.74, 6) is 0.502. The first-order chi connectivity index (χ1) is 8.65. The lowest BCUT2D eigenvalue weighted by atomic mass is 9.84. The molecule has 3 fully saturated rings. The number of carbonyl (C=O) groups excluding carboxylic acids is 1. The lowest BCUT2D eigenvalue weighted by Crippen LogP contribution is -2.45. The molecular weight excluding hydrogens is 269 g/mol. The first kappa shape index (κ1) is 12.1. The predicted molar refractivity (Wildman–Crippen MR) is 73.7 cm³/mol. The molecule has 1 aromatic carbocycles. The smallest absolute Gasteiger partial charge is 0.182 e. The fraction of sp³-hybridized carbons (Fsp3) is 0.357. The minimum atomic E-state index is 0.226. The van der Waals surface area contributed by atoms with Crippen LogP contribution in [0, 0.1) is 5.92 Å². The second-order valence-corrected chi connectivity index (χ2v) is 5.64. The van der Waals surface area contributed by atoms with Crippen LogP contribution in [0.2, 0.25) is 10.0 Å². The third kappa shape index (κ3) is 2.04. The zero-order chi connectivity index (χ0) is 12.7. The summed E-state index contributed by atoms with van der Waals surface area (Å²) < 4.78 is 0. The van der Waals surface area contributed by atoms with E-state index in [9.17, 15) is 4.79 Å². The zero-order valence-corrected chi connectivity index (χ0v) is 11.3. The van der Waals surface area contributed by atoms with Crippen molar-refractivity contribution in [2.75, 3.05) is 13.1 Å². The van der Waals surface area contributed by atoms with Crippen LogP contribution in [0.15, 0.2) is 23.9 Å². The van der Waals surface area contributed by atoms with Gasteiger partial charge < -0.3 is 4.90 Å². The maximum Gasteiger partial charge on any atom is 0.182 e. The molecule has 2 nitrogen and oxygen atoms in total. The predicted octanol–water partition coefficient (Wildman–Crippen LogP) is 3.63. The highest BCUT2D eigenvalue weighted by Gasteiger charge is 2.36. The molecule has 94 valence electrons. The fourth-order valence-electron chi connectivity index (χ4n) is 2.67. The normalized spacial score (nSPS) is 22.0. The van der Waals surface area contributed by atoms with E-state index < -0.39 is 0 Å². The van der Waals surface area contributed by atoms with Gasteiger partial charge in [-0.3, -0.25) is 4.79 Å². The molecule has 0 amide bonds. The van der Waals surface area contributed by atoms with Crippen molar-refractivity contribution in [2.45, 2.75) is 12.8 Å². The van der Waals surface area contributed by atoms with E-state index in [1.807, 2.05) is 12.1 Å². The zero-order valence-electron chi connectivity index (χ0n) is 9.83. The maximum atomic E-state index is 12.2. The minimum Gasteiger partial charge on any atom is -0.369 e. The third-order valence-electron chi connectivity index (χ3n) is 3.71. The van der Waals surface area contributed by atoms with Crippen LogP contribution in [0.25, 0.3) is 6.08 Å². The van der Waals surface area contributed by atoms with Crippen LogP contribution in [0.3, 0.4) is 0 Å². The number of carbonyl (C=O) groups is 1. The van der Waals surface area contributed by atoms with E-state index in [0.29, 0.717) is 10.0 Å². The van der Waals surface area contributed by atoms with Gasteiger partial charge in [0.2, 0.25) is 0 Å². The molecule has 2 bridgehead atoms. The quantitative estimate of drug-likeness (QED) is 0.733. The van der Waals surface area contributed by atoms with Crippen molar-refractivity contribution in [1.29, 1.82) is 0 Å². The third-order valence-corrected chi connectivity index (χ3v) is 4.44. The first-order valence-electron chi connectivity index (χ1n) is 6.11. The van der Waals surface area contributed by atoms with E-state index in [2.05, 4.69) is 4.90 Å². The van der Waals surface area contributed by atoms with E-state index >= 15 is 0 Å². The molecule has 0 atom stereocenters. The van der Waals surface area contributed by atoms with Crippen LogP contribution >= 0.6 is 23.2 Å². The van der Waals surface area contributed by atoms with Gasteiger partial charge in [0.25, 0.3) is 0 Å². The van der Waals surface area contributed by atoms with Gasteiger partial charge >= 0.3 is 0 Å². The Balaban J connectivity index is 1.95. The van der Waals surface area contributed by atoms with Crippen molar-refractivity contribution < 1.29 is 4.79 Å². The van der Waals surface area contributed by atoms with Gasteiger partial charge in [-0.25, -0.2) is 0 Å². The molecule has 0 unspecified atom stereocenters. The van der Waals surface area contributed by atoms with E-state index in [-0.39, 0.29) is 11.7 Å². The number of allylic oxidation sites excluding steroid dienone is 1. The van der Waals surface area contributed by atoms with Crippen molar-refractivity contribution in [3.63, 3.8) is 0 Å². The van der Waals surface area contributed by atoms with Crippen LogP contribution in [-0.2, 0) is 4.79 Å². The molecule has 0 saturated carbocycles. The molecule has 0 radical (unpaired) electrons. The Hall–Kier alpha value is -0.990. The molecule has 1 aromatic rings. The second-order valence-electron chi connectivity index (χ2n) is 4.83. The topological polar surface area (TPSA) is 20.3 Å². The Bertz CT molecular complexity index is 531. The monoisotopic (exact) mass is 281 g/mol. The summed E-state index contributed by atoms with van der Waals surface area (Å²) >= 11 is 11.9. The van der Waals surface area contributed by atoms with Crippen molar-refractivity contribution in [1.82, 2.24) is 4.90 Å². The summed E-state index contributed by atoms with van der Waals surface area (Å²) in [5.41, 5.74) is 1.76. The van der Waals surface area contributed by atoms with Gasteiger partial charge in [-0.1, -0.05) is 29.3 Å². The Morgan fingerprint density at radius 3 is 2.50 bits per heavy atom. The van der Waals surface area contributed by atoms with Gasteiger partial charge in [0.15, 0.2) is 5.78 Å². The van der Waals surface area contributed by atoms with Crippen LogP contribution in [0.1, 0.15) is 18.4 Å². The minimum absolute atomic E-state index is 0.226. The van der Waals surface area contributed by atoms with Crippen LogP contribution in [0.5, 0.6) is 0 Å². The molecule has 18 heavy (non-hydrogen) atoms. The number of hydrogen-bond donors (Lipinski definition) is 0. The van der Waals surface area contributed by atoms with E-state index in [0.717, 1.165) is 37.2 Å². The lowest BCUT2D eigenvalue weighted by molar-refractivity contribution is -0.125. The summed E-state index contributed by atoms with van der Waals surface area (Å²) in [4.78, 5) is 14.3. The van der Waals surface area contributed by atoms with Crippen LogP contribution in [0.4, 0.5) is 0 Å². The maximum absolute atomic E-state index is 12.2. The van der Waals surface area contributed by atoms with E-state index in [1.165, 1.54) is 0 Å². The number of piperidine rings is 3. The molecule has 0 N–H and O–H groups in total. The molecule has 3 saturated heterocycles. The number of hydrogen-bond acceptors (Lipinski definition) is 2. The largest absolute Gasteiger partial charge is 0.369 e. The SMILES string of the molecule is O=C1/C(=C\c2ccc(Cl)c(Cl)c2)N2CCC1CC2. The highest BCUT2D eigenvalue weighted by atomic mass is 35.5. The Morgan fingerprint density at radius 1 is 1.17 bits per heavy atom. The molecule has 3 aliphatic rings. The Kier molecular flexibility index (Phi) is 3.08.